The van der Waals surface area contributed by atoms with Crippen molar-refractivity contribution in [1.82, 2.24) is 14.7 Å². The topological polar surface area (TPSA) is 74.7 Å². The Kier molecular flexibility index (Phi) is 9.71. The number of piperazine rings is 1. The molecule has 3 aromatic carbocycles. The van der Waals surface area contributed by atoms with Crippen LogP contribution in [0.2, 0.25) is 10.0 Å². The van der Waals surface area contributed by atoms with Crippen LogP contribution in [0.5, 0.6) is 11.5 Å². The second-order valence-corrected chi connectivity index (χ2v) is 12.7. The molecule has 0 N–H and O–H groups in total. The number of hydrogen-bond donors (Lipinski definition) is 0. The minimum atomic E-state index is -0.534. The molecule has 1 saturated heterocycles. The number of methoxy groups -OCH3 is 1. The second-order valence-electron chi connectivity index (χ2n) is 11.8. The number of benzene rings is 3. The highest BCUT2D eigenvalue weighted by atomic mass is 35.5. The van der Waals surface area contributed by atoms with Crippen LogP contribution in [0.3, 0.4) is 0 Å². The maximum Gasteiger partial charge on any atom is 0.326 e. The summed E-state index contributed by atoms with van der Waals surface area (Å²) in [5.41, 5.74) is 2.39. The van der Waals surface area contributed by atoms with Crippen LogP contribution in [0.25, 0.3) is 0 Å². The van der Waals surface area contributed by atoms with Crippen molar-refractivity contribution in [3.63, 3.8) is 0 Å². The Morgan fingerprint density at radius 1 is 0.932 bits per heavy atom. The molecule has 0 saturated carbocycles. The van der Waals surface area contributed by atoms with Gasteiger partial charge in [-0.1, -0.05) is 61.3 Å². The van der Waals surface area contributed by atoms with Gasteiger partial charge in [0, 0.05) is 35.7 Å². The van der Waals surface area contributed by atoms with E-state index in [1.54, 1.807) is 16.9 Å². The van der Waals surface area contributed by atoms with Gasteiger partial charge >= 0.3 is 6.03 Å². The van der Waals surface area contributed by atoms with Crippen molar-refractivity contribution in [3.05, 3.63) is 93.5 Å². The quantitative estimate of drug-likeness (QED) is 0.261. The maximum absolute atomic E-state index is 14.7. The predicted octanol–water partition coefficient (Wildman–Crippen LogP) is 7.25. The number of aliphatic imine (C=N–C) groups is 1. The average Bonchev–Trinajstić information content (AvgIpc) is 3.38. The van der Waals surface area contributed by atoms with Crippen LogP contribution < -0.4 is 9.47 Å². The number of halogens is 2. The number of amidine groups is 1. The fourth-order valence-corrected chi connectivity index (χ4v) is 5.93. The SMILES string of the molecule is COc1ccc(C2=NC(c3ccc(Cl)cc3)C(c3ccc(Cl)cc3)N2C(=O)N2CCN(CC(C)C)C(=O)C2)c(OC(C)C)c1. The molecule has 1 fully saturated rings. The highest BCUT2D eigenvalue weighted by molar-refractivity contribution is 6.30. The van der Waals surface area contributed by atoms with Gasteiger partial charge in [0.2, 0.25) is 5.91 Å². The van der Waals surface area contributed by atoms with Gasteiger partial charge in [-0.15, -0.1) is 0 Å². The monoisotopic (exact) mass is 636 g/mol. The molecule has 2 heterocycles. The van der Waals surface area contributed by atoms with Gasteiger partial charge in [-0.2, -0.15) is 0 Å². The molecule has 2 aliphatic rings. The fraction of sp³-hybridized carbons (Fsp3) is 0.382. The van der Waals surface area contributed by atoms with Crippen LogP contribution in [0.15, 0.2) is 71.7 Å². The number of carbonyl (C=O) groups is 2. The zero-order valence-corrected chi connectivity index (χ0v) is 27.2. The summed E-state index contributed by atoms with van der Waals surface area (Å²) in [5.74, 6) is 1.88. The van der Waals surface area contributed by atoms with Gasteiger partial charge in [0.05, 0.1) is 24.8 Å². The molecular formula is C34H38Cl2N4O4. The number of ether oxygens (including phenoxy) is 2. The van der Waals surface area contributed by atoms with Crippen LogP contribution in [0.4, 0.5) is 4.79 Å². The van der Waals surface area contributed by atoms with Gasteiger partial charge in [-0.3, -0.25) is 14.7 Å². The highest BCUT2D eigenvalue weighted by Crippen LogP contribution is 2.46. The van der Waals surface area contributed by atoms with E-state index < -0.39 is 12.1 Å². The first-order valence-corrected chi connectivity index (χ1v) is 15.6. The third-order valence-electron chi connectivity index (χ3n) is 7.66. The molecule has 3 aromatic rings. The summed E-state index contributed by atoms with van der Waals surface area (Å²) in [6.07, 6.45) is -0.141. The number of urea groups is 1. The van der Waals surface area contributed by atoms with Crippen LogP contribution in [-0.4, -0.2) is 71.9 Å². The Morgan fingerprint density at radius 2 is 1.57 bits per heavy atom. The number of amides is 3. The van der Waals surface area contributed by atoms with E-state index in [1.165, 1.54) is 0 Å². The van der Waals surface area contributed by atoms with Crippen LogP contribution in [-0.2, 0) is 4.79 Å². The van der Waals surface area contributed by atoms with Crippen molar-refractivity contribution >= 4 is 41.0 Å². The maximum atomic E-state index is 14.7. The molecule has 8 nitrogen and oxygen atoms in total. The van der Waals surface area contributed by atoms with Gasteiger partial charge < -0.3 is 19.3 Å². The van der Waals surface area contributed by atoms with Crippen LogP contribution in [0, 0.1) is 5.92 Å². The molecule has 44 heavy (non-hydrogen) atoms. The van der Waals surface area contributed by atoms with Crippen molar-refractivity contribution in [2.24, 2.45) is 10.9 Å². The van der Waals surface area contributed by atoms with Gasteiger partial charge in [-0.25, -0.2) is 4.79 Å². The van der Waals surface area contributed by atoms with Crippen LogP contribution in [0.1, 0.15) is 56.5 Å². The van der Waals surface area contributed by atoms with Gasteiger partial charge in [-0.05, 0) is 67.3 Å². The van der Waals surface area contributed by atoms with E-state index in [-0.39, 0.29) is 24.6 Å². The Labute approximate surface area is 269 Å². The summed E-state index contributed by atoms with van der Waals surface area (Å²) in [4.78, 5) is 38.3. The molecule has 232 valence electrons. The van der Waals surface area contributed by atoms with E-state index in [1.807, 2.05) is 85.5 Å². The third kappa shape index (κ3) is 6.81. The smallest absolute Gasteiger partial charge is 0.326 e. The largest absolute Gasteiger partial charge is 0.497 e. The molecule has 2 atom stereocenters. The van der Waals surface area contributed by atoms with Crippen molar-refractivity contribution < 1.29 is 19.1 Å². The number of hydrogen-bond acceptors (Lipinski definition) is 5. The zero-order chi connectivity index (χ0) is 31.5. The Morgan fingerprint density at radius 3 is 2.14 bits per heavy atom. The molecule has 0 bridgehead atoms. The van der Waals surface area contributed by atoms with E-state index in [0.29, 0.717) is 58.5 Å². The van der Waals surface area contributed by atoms with Crippen molar-refractivity contribution in [2.45, 2.75) is 45.9 Å². The van der Waals surface area contributed by atoms with E-state index in [9.17, 15) is 9.59 Å². The molecule has 0 spiro atoms. The molecule has 0 aliphatic carbocycles. The molecule has 2 aliphatic heterocycles. The molecule has 5 rings (SSSR count). The van der Waals surface area contributed by atoms with Crippen molar-refractivity contribution in [2.75, 3.05) is 33.3 Å². The molecule has 10 heteroatoms. The Bertz CT molecular complexity index is 1530. The first kappa shape index (κ1) is 31.7. The van der Waals surface area contributed by atoms with E-state index >= 15 is 0 Å². The zero-order valence-electron chi connectivity index (χ0n) is 25.7. The Balaban J connectivity index is 1.65. The predicted molar refractivity (Wildman–Crippen MR) is 174 cm³/mol. The minimum absolute atomic E-state index is 0.00769. The fourth-order valence-electron chi connectivity index (χ4n) is 5.68. The molecular weight excluding hydrogens is 599 g/mol. The second kappa shape index (κ2) is 13.5. The number of rotatable bonds is 8. The van der Waals surface area contributed by atoms with E-state index in [4.69, 9.17) is 37.7 Å². The first-order chi connectivity index (χ1) is 21.0. The Hall–Kier alpha value is -3.75. The third-order valence-corrected chi connectivity index (χ3v) is 8.17. The summed E-state index contributed by atoms with van der Waals surface area (Å²) in [6, 6.07) is 19.2. The number of carbonyl (C=O) groups excluding carboxylic acids is 2. The van der Waals surface area contributed by atoms with Gasteiger partial charge in [0.25, 0.3) is 0 Å². The summed E-state index contributed by atoms with van der Waals surface area (Å²) in [6.45, 7) is 9.58. The van der Waals surface area contributed by atoms with Crippen LogP contribution >= 0.6 is 23.2 Å². The standard InChI is InChI=1S/C34H38Cl2N4O4/c1-21(2)19-38-16-17-39(20-30(38)41)34(42)40-32(24-8-12-26(36)13-9-24)31(23-6-10-25(35)11-7-23)37-33(40)28-15-14-27(43-5)18-29(28)44-22(3)4/h6-15,18,21-22,31-32H,16-17,19-20H2,1-5H3. The minimum Gasteiger partial charge on any atom is -0.497 e. The van der Waals surface area contributed by atoms with Crippen molar-refractivity contribution in [3.8, 4) is 11.5 Å². The lowest BCUT2D eigenvalue weighted by molar-refractivity contribution is -0.135. The normalized spacial score (nSPS) is 18.7. The average molecular weight is 638 g/mol. The summed E-state index contributed by atoms with van der Waals surface area (Å²) in [5, 5.41) is 1.19. The lowest BCUT2D eigenvalue weighted by atomic mass is 9.93. The highest BCUT2D eigenvalue weighted by Gasteiger charge is 2.45. The molecule has 3 amide bonds. The lowest BCUT2D eigenvalue weighted by Gasteiger charge is -2.39. The summed E-state index contributed by atoms with van der Waals surface area (Å²) >= 11 is 12.6. The van der Waals surface area contributed by atoms with Gasteiger partial charge in [0.1, 0.15) is 29.9 Å². The lowest BCUT2D eigenvalue weighted by Crippen LogP contribution is -2.56. The van der Waals surface area contributed by atoms with Crippen molar-refractivity contribution in [1.29, 1.82) is 0 Å². The molecule has 0 aromatic heterocycles. The molecule has 2 unspecified atom stereocenters. The van der Waals surface area contributed by atoms with Gasteiger partial charge in [0.15, 0.2) is 0 Å². The number of nitrogens with zero attached hydrogens (tertiary/aromatic N) is 4. The first-order valence-electron chi connectivity index (χ1n) is 14.9. The summed E-state index contributed by atoms with van der Waals surface area (Å²) in [7, 11) is 1.60. The van der Waals surface area contributed by atoms with E-state index in [0.717, 1.165) is 11.1 Å². The molecule has 0 radical (unpaired) electrons. The summed E-state index contributed by atoms with van der Waals surface area (Å²) < 4.78 is 11.7. The van der Waals surface area contributed by atoms with E-state index in [2.05, 4.69) is 13.8 Å².